The second-order valence-corrected chi connectivity index (χ2v) is 3.13. The van der Waals surface area contributed by atoms with Crippen molar-refractivity contribution in [2.45, 2.75) is 6.92 Å². The van der Waals surface area contributed by atoms with Crippen molar-refractivity contribution in [2.75, 3.05) is 31.8 Å². The van der Waals surface area contributed by atoms with Crippen LogP contribution in [0.5, 0.6) is 5.75 Å². The van der Waals surface area contributed by atoms with Gasteiger partial charge in [0.2, 0.25) is 0 Å². The Hall–Kier alpha value is -1.91. The van der Waals surface area contributed by atoms with Crippen molar-refractivity contribution in [3.63, 3.8) is 0 Å². The van der Waals surface area contributed by atoms with Gasteiger partial charge in [0.1, 0.15) is 11.3 Å². The zero-order chi connectivity index (χ0) is 12.1. The van der Waals surface area contributed by atoms with Crippen LogP contribution >= 0.6 is 0 Å². The number of anilines is 2. The highest BCUT2D eigenvalue weighted by Gasteiger charge is 2.18. The van der Waals surface area contributed by atoms with Gasteiger partial charge in [-0.25, -0.2) is 4.79 Å². The molecular formula is C11H16N2O3. The lowest BCUT2D eigenvalue weighted by Crippen LogP contribution is -2.09. The Bertz CT molecular complexity index is 391. The van der Waals surface area contributed by atoms with Crippen LogP contribution < -0.4 is 15.8 Å². The van der Waals surface area contributed by atoms with Gasteiger partial charge in [0.05, 0.1) is 19.9 Å². The fourth-order valence-electron chi connectivity index (χ4n) is 1.44. The smallest absolute Gasteiger partial charge is 0.341 e. The molecular weight excluding hydrogens is 208 g/mol. The normalized spacial score (nSPS) is 9.69. The molecule has 0 aliphatic rings. The van der Waals surface area contributed by atoms with E-state index in [0.717, 1.165) is 0 Å². The van der Waals surface area contributed by atoms with Gasteiger partial charge < -0.3 is 20.5 Å². The summed E-state index contributed by atoms with van der Waals surface area (Å²) in [6.45, 7) is 2.62. The number of nitrogens with one attached hydrogen (secondary N) is 1. The molecule has 88 valence electrons. The molecule has 0 saturated carbocycles. The Morgan fingerprint density at radius 1 is 1.44 bits per heavy atom. The lowest BCUT2D eigenvalue weighted by atomic mass is 10.1. The molecule has 0 fully saturated rings. The molecule has 0 heterocycles. The molecule has 0 unspecified atom stereocenters. The maximum Gasteiger partial charge on any atom is 0.341 e. The number of rotatable bonds is 4. The number of benzene rings is 1. The van der Waals surface area contributed by atoms with E-state index in [2.05, 4.69) is 10.1 Å². The van der Waals surface area contributed by atoms with Crippen LogP contribution in [0.1, 0.15) is 17.3 Å². The Labute approximate surface area is 94.5 Å². The zero-order valence-electron chi connectivity index (χ0n) is 9.66. The molecule has 0 aliphatic heterocycles. The quantitative estimate of drug-likeness (QED) is 0.599. The molecule has 0 saturated heterocycles. The maximum atomic E-state index is 11.5. The molecule has 0 atom stereocenters. The molecule has 0 spiro atoms. The number of hydrogen-bond donors (Lipinski definition) is 2. The summed E-state index contributed by atoms with van der Waals surface area (Å²) < 4.78 is 9.85. The topological polar surface area (TPSA) is 73.6 Å². The van der Waals surface area contributed by atoms with Gasteiger partial charge in [0.15, 0.2) is 5.75 Å². The first-order valence-corrected chi connectivity index (χ1v) is 4.94. The standard InChI is InChI=1S/C11H16N2O3/c1-4-13-9-8(12)6-5-7(10(9)15-2)11(14)16-3/h5-6,13H,4,12H2,1-3H3. The largest absolute Gasteiger partial charge is 0.494 e. The number of carbonyl (C=O) groups is 1. The summed E-state index contributed by atoms with van der Waals surface area (Å²) in [6, 6.07) is 3.23. The number of esters is 1. The third-order valence-electron chi connectivity index (χ3n) is 2.15. The van der Waals surface area contributed by atoms with Gasteiger partial charge in [-0.3, -0.25) is 0 Å². The van der Waals surface area contributed by atoms with Gasteiger partial charge in [-0.2, -0.15) is 0 Å². The predicted octanol–water partition coefficient (Wildman–Crippen LogP) is 1.50. The Kier molecular flexibility index (Phi) is 3.99. The van der Waals surface area contributed by atoms with E-state index in [4.69, 9.17) is 10.5 Å². The highest BCUT2D eigenvalue weighted by molar-refractivity contribution is 5.97. The van der Waals surface area contributed by atoms with Crippen LogP contribution in [0.25, 0.3) is 0 Å². The maximum absolute atomic E-state index is 11.5. The summed E-state index contributed by atoms with van der Waals surface area (Å²) in [4.78, 5) is 11.5. The number of methoxy groups -OCH3 is 2. The molecule has 0 amide bonds. The average molecular weight is 224 g/mol. The van der Waals surface area contributed by atoms with Crippen molar-refractivity contribution in [1.82, 2.24) is 0 Å². The van der Waals surface area contributed by atoms with Crippen LogP contribution in [0, 0.1) is 0 Å². The van der Waals surface area contributed by atoms with Gasteiger partial charge in [-0.15, -0.1) is 0 Å². The molecule has 1 rings (SSSR count). The minimum Gasteiger partial charge on any atom is -0.494 e. The van der Waals surface area contributed by atoms with E-state index in [1.165, 1.54) is 14.2 Å². The second kappa shape index (κ2) is 5.25. The van der Waals surface area contributed by atoms with Crippen molar-refractivity contribution in [3.05, 3.63) is 17.7 Å². The number of nitrogen functional groups attached to an aromatic ring is 1. The molecule has 1 aromatic rings. The van der Waals surface area contributed by atoms with E-state index in [0.29, 0.717) is 29.2 Å². The van der Waals surface area contributed by atoms with Crippen molar-refractivity contribution in [1.29, 1.82) is 0 Å². The molecule has 0 radical (unpaired) electrons. The molecule has 0 bridgehead atoms. The Morgan fingerprint density at radius 3 is 2.62 bits per heavy atom. The first-order valence-electron chi connectivity index (χ1n) is 4.94. The lowest BCUT2D eigenvalue weighted by Gasteiger charge is -2.15. The van der Waals surface area contributed by atoms with Gasteiger partial charge in [-0.05, 0) is 19.1 Å². The first-order chi connectivity index (χ1) is 7.65. The number of nitrogens with two attached hydrogens (primary N) is 1. The summed E-state index contributed by atoms with van der Waals surface area (Å²) >= 11 is 0. The lowest BCUT2D eigenvalue weighted by molar-refractivity contribution is 0.0597. The van der Waals surface area contributed by atoms with E-state index >= 15 is 0 Å². The minimum atomic E-state index is -0.448. The molecule has 1 aromatic carbocycles. The minimum absolute atomic E-state index is 0.357. The number of ether oxygens (including phenoxy) is 2. The third-order valence-corrected chi connectivity index (χ3v) is 2.15. The molecule has 16 heavy (non-hydrogen) atoms. The van der Waals surface area contributed by atoms with Gasteiger partial charge in [-0.1, -0.05) is 0 Å². The molecule has 3 N–H and O–H groups in total. The van der Waals surface area contributed by atoms with E-state index in [-0.39, 0.29) is 0 Å². The van der Waals surface area contributed by atoms with Gasteiger partial charge in [0.25, 0.3) is 0 Å². The molecule has 5 nitrogen and oxygen atoms in total. The van der Waals surface area contributed by atoms with Crippen LogP contribution in [-0.4, -0.2) is 26.7 Å². The van der Waals surface area contributed by atoms with Crippen molar-refractivity contribution >= 4 is 17.3 Å². The van der Waals surface area contributed by atoms with Crippen LogP contribution in [0.15, 0.2) is 12.1 Å². The van der Waals surface area contributed by atoms with Crippen LogP contribution in [0.4, 0.5) is 11.4 Å². The van der Waals surface area contributed by atoms with Gasteiger partial charge in [0, 0.05) is 6.54 Å². The molecule has 0 aliphatic carbocycles. The fraction of sp³-hybridized carbons (Fsp3) is 0.364. The highest BCUT2D eigenvalue weighted by atomic mass is 16.5. The van der Waals surface area contributed by atoms with Gasteiger partial charge >= 0.3 is 5.97 Å². The second-order valence-electron chi connectivity index (χ2n) is 3.13. The summed E-state index contributed by atoms with van der Waals surface area (Å²) in [5.74, 6) is -0.0373. The summed E-state index contributed by atoms with van der Waals surface area (Å²) in [6.07, 6.45) is 0. The summed E-state index contributed by atoms with van der Waals surface area (Å²) in [5.41, 5.74) is 7.31. The van der Waals surface area contributed by atoms with Crippen LogP contribution in [0.2, 0.25) is 0 Å². The average Bonchev–Trinajstić information content (AvgIpc) is 2.30. The predicted molar refractivity (Wildman–Crippen MR) is 62.9 cm³/mol. The Balaban J connectivity index is 3.30. The zero-order valence-corrected chi connectivity index (χ0v) is 9.66. The van der Waals surface area contributed by atoms with E-state index in [9.17, 15) is 4.79 Å². The molecule has 0 aromatic heterocycles. The van der Waals surface area contributed by atoms with Crippen molar-refractivity contribution < 1.29 is 14.3 Å². The third kappa shape index (κ3) is 2.18. The summed E-state index contributed by atoms with van der Waals surface area (Å²) in [7, 11) is 2.81. The fourth-order valence-corrected chi connectivity index (χ4v) is 1.44. The van der Waals surface area contributed by atoms with Crippen LogP contribution in [-0.2, 0) is 4.74 Å². The number of hydrogen-bond acceptors (Lipinski definition) is 5. The number of carbonyl (C=O) groups excluding carboxylic acids is 1. The van der Waals surface area contributed by atoms with E-state index in [1.807, 2.05) is 6.92 Å². The highest BCUT2D eigenvalue weighted by Crippen LogP contribution is 2.34. The SMILES string of the molecule is CCNc1c(N)ccc(C(=O)OC)c1OC. The van der Waals surface area contributed by atoms with E-state index < -0.39 is 5.97 Å². The summed E-state index contributed by atoms with van der Waals surface area (Å²) in [5, 5.41) is 3.06. The monoisotopic (exact) mass is 224 g/mol. The molecule has 5 heteroatoms. The Morgan fingerprint density at radius 2 is 2.12 bits per heavy atom. The van der Waals surface area contributed by atoms with E-state index in [1.54, 1.807) is 12.1 Å². The first kappa shape index (κ1) is 12.2. The van der Waals surface area contributed by atoms with Crippen LogP contribution in [0.3, 0.4) is 0 Å². The van der Waals surface area contributed by atoms with Crippen molar-refractivity contribution in [3.8, 4) is 5.75 Å². The van der Waals surface area contributed by atoms with Crippen molar-refractivity contribution in [2.24, 2.45) is 0 Å².